The van der Waals surface area contributed by atoms with Crippen LogP contribution >= 0.6 is 0 Å². The van der Waals surface area contributed by atoms with Gasteiger partial charge in [-0.1, -0.05) is 6.07 Å². The topological polar surface area (TPSA) is 104 Å². The first kappa shape index (κ1) is 16.5. The van der Waals surface area contributed by atoms with Crippen molar-refractivity contribution in [3.63, 3.8) is 0 Å². The number of carbonyl (C=O) groups is 3. The van der Waals surface area contributed by atoms with Crippen LogP contribution in [0.5, 0.6) is 0 Å². The molecule has 1 aromatic rings. The highest BCUT2D eigenvalue weighted by atomic mass is 19.1. The van der Waals surface area contributed by atoms with Gasteiger partial charge < -0.3 is 15.5 Å². The maximum atomic E-state index is 13.3. The Hall–Kier alpha value is -2.51. The van der Waals surface area contributed by atoms with Crippen LogP contribution in [0, 0.1) is 11.6 Å². The third-order valence-electron chi connectivity index (χ3n) is 2.68. The number of benzene rings is 1. The van der Waals surface area contributed by atoms with Crippen LogP contribution in [-0.2, 0) is 20.8 Å². The Morgan fingerprint density at radius 3 is 2.19 bits per heavy atom. The summed E-state index contributed by atoms with van der Waals surface area (Å²) in [6.07, 6.45) is -1.45. The number of aliphatic carboxylic acids is 2. The number of carbonyl (C=O) groups excluding carboxylic acids is 1. The molecule has 8 heteroatoms. The molecule has 1 rings (SSSR count). The molecule has 114 valence electrons. The van der Waals surface area contributed by atoms with Crippen molar-refractivity contribution in [1.29, 1.82) is 0 Å². The zero-order valence-electron chi connectivity index (χ0n) is 10.8. The Kier molecular flexibility index (Phi) is 5.77. The second kappa shape index (κ2) is 7.32. The Labute approximate surface area is 118 Å². The van der Waals surface area contributed by atoms with E-state index in [1.807, 2.05) is 5.32 Å². The molecule has 0 fully saturated rings. The Morgan fingerprint density at radius 2 is 1.71 bits per heavy atom. The van der Waals surface area contributed by atoms with E-state index in [-0.39, 0.29) is 6.42 Å². The van der Waals surface area contributed by atoms with Gasteiger partial charge in [0.15, 0.2) is 0 Å². The van der Waals surface area contributed by atoms with Gasteiger partial charge in [-0.2, -0.15) is 0 Å². The smallest absolute Gasteiger partial charge is 0.326 e. The van der Waals surface area contributed by atoms with E-state index < -0.39 is 53.9 Å². The normalized spacial score (nSPS) is 11.7. The Morgan fingerprint density at radius 1 is 1.14 bits per heavy atom. The largest absolute Gasteiger partial charge is 0.481 e. The summed E-state index contributed by atoms with van der Waals surface area (Å²) in [7, 11) is 0. The van der Waals surface area contributed by atoms with E-state index in [4.69, 9.17) is 10.2 Å². The standard InChI is InChI=1S/C13H13F2NO5/c14-8-2-1-3-9(15)7(8)6-11(17)16-10(13(20)21)4-5-12(18)19/h1-3,10H,4-6H2,(H,16,17)(H,18,19)(H,20,21). The number of nitrogens with one attached hydrogen (secondary N) is 1. The Balaban J connectivity index is 2.70. The fourth-order valence-corrected chi connectivity index (χ4v) is 1.63. The molecule has 0 bridgehead atoms. The summed E-state index contributed by atoms with van der Waals surface area (Å²) >= 11 is 0. The van der Waals surface area contributed by atoms with Crippen molar-refractivity contribution in [2.24, 2.45) is 0 Å². The first-order valence-corrected chi connectivity index (χ1v) is 5.98. The summed E-state index contributed by atoms with van der Waals surface area (Å²) in [6.45, 7) is 0. The van der Waals surface area contributed by atoms with E-state index in [2.05, 4.69) is 0 Å². The predicted molar refractivity (Wildman–Crippen MR) is 66.5 cm³/mol. The predicted octanol–water partition coefficient (Wildman–Crippen LogP) is 0.942. The number of hydrogen-bond acceptors (Lipinski definition) is 3. The molecule has 1 atom stereocenters. The molecule has 0 radical (unpaired) electrons. The van der Waals surface area contributed by atoms with Crippen molar-refractivity contribution in [2.75, 3.05) is 0 Å². The lowest BCUT2D eigenvalue weighted by atomic mass is 10.1. The molecule has 21 heavy (non-hydrogen) atoms. The molecule has 0 aliphatic heterocycles. The molecular formula is C13H13F2NO5. The molecule has 0 heterocycles. The van der Waals surface area contributed by atoms with Crippen LogP contribution in [-0.4, -0.2) is 34.1 Å². The second-order valence-electron chi connectivity index (χ2n) is 4.27. The zero-order chi connectivity index (χ0) is 16.0. The molecule has 0 spiro atoms. The molecule has 0 saturated heterocycles. The molecule has 6 nitrogen and oxygen atoms in total. The number of carboxylic acids is 2. The summed E-state index contributed by atoms with van der Waals surface area (Å²) in [5.41, 5.74) is -0.475. The number of rotatable bonds is 7. The first-order chi connectivity index (χ1) is 9.81. The van der Waals surface area contributed by atoms with E-state index in [1.54, 1.807) is 0 Å². The zero-order valence-corrected chi connectivity index (χ0v) is 10.8. The molecule has 0 aliphatic carbocycles. The van der Waals surface area contributed by atoms with Gasteiger partial charge in [-0.05, 0) is 18.6 Å². The van der Waals surface area contributed by atoms with Crippen LogP contribution in [0.2, 0.25) is 0 Å². The highest BCUT2D eigenvalue weighted by molar-refractivity contribution is 5.85. The van der Waals surface area contributed by atoms with Gasteiger partial charge in [0.25, 0.3) is 0 Å². The molecular weight excluding hydrogens is 288 g/mol. The lowest BCUT2D eigenvalue weighted by Gasteiger charge is -2.13. The summed E-state index contributed by atoms with van der Waals surface area (Å²) in [5.74, 6) is -5.36. The van der Waals surface area contributed by atoms with Gasteiger partial charge in [0.05, 0.1) is 6.42 Å². The van der Waals surface area contributed by atoms with Crippen LogP contribution in [0.3, 0.4) is 0 Å². The number of hydrogen-bond donors (Lipinski definition) is 3. The van der Waals surface area contributed by atoms with Gasteiger partial charge >= 0.3 is 11.9 Å². The first-order valence-electron chi connectivity index (χ1n) is 5.98. The van der Waals surface area contributed by atoms with Crippen LogP contribution in [0.4, 0.5) is 8.78 Å². The minimum Gasteiger partial charge on any atom is -0.481 e. The molecule has 0 aliphatic rings. The SMILES string of the molecule is O=C(O)CCC(NC(=O)Cc1c(F)cccc1F)C(=O)O. The molecule has 1 unspecified atom stereocenters. The van der Waals surface area contributed by atoms with E-state index >= 15 is 0 Å². The average Bonchev–Trinajstić information content (AvgIpc) is 2.38. The summed E-state index contributed by atoms with van der Waals surface area (Å²) in [5, 5.41) is 19.4. The fourth-order valence-electron chi connectivity index (χ4n) is 1.63. The van der Waals surface area contributed by atoms with Crippen molar-refractivity contribution in [3.8, 4) is 0 Å². The third-order valence-corrected chi connectivity index (χ3v) is 2.68. The summed E-state index contributed by atoms with van der Waals surface area (Å²) in [6, 6.07) is 1.66. The van der Waals surface area contributed by atoms with Gasteiger partial charge in [0, 0.05) is 12.0 Å². The van der Waals surface area contributed by atoms with Crippen LogP contribution in [0.1, 0.15) is 18.4 Å². The van der Waals surface area contributed by atoms with Gasteiger partial charge in [0.1, 0.15) is 17.7 Å². The number of carboxylic acid groups (broad SMARTS) is 2. The van der Waals surface area contributed by atoms with Crippen LogP contribution in [0.25, 0.3) is 0 Å². The highest BCUT2D eigenvalue weighted by Crippen LogP contribution is 2.12. The monoisotopic (exact) mass is 301 g/mol. The second-order valence-corrected chi connectivity index (χ2v) is 4.27. The van der Waals surface area contributed by atoms with Crippen molar-refractivity contribution in [2.45, 2.75) is 25.3 Å². The van der Waals surface area contributed by atoms with E-state index in [1.165, 1.54) is 0 Å². The van der Waals surface area contributed by atoms with Gasteiger partial charge in [-0.25, -0.2) is 13.6 Å². The summed E-state index contributed by atoms with van der Waals surface area (Å²) in [4.78, 5) is 32.9. The maximum Gasteiger partial charge on any atom is 0.326 e. The number of amides is 1. The van der Waals surface area contributed by atoms with Crippen molar-refractivity contribution < 1.29 is 33.4 Å². The average molecular weight is 301 g/mol. The third kappa shape index (κ3) is 5.17. The van der Waals surface area contributed by atoms with Gasteiger partial charge in [0.2, 0.25) is 5.91 Å². The van der Waals surface area contributed by atoms with Crippen molar-refractivity contribution >= 4 is 17.8 Å². The Bertz CT molecular complexity index is 541. The molecule has 1 amide bonds. The molecule has 1 aromatic carbocycles. The van der Waals surface area contributed by atoms with Crippen LogP contribution < -0.4 is 5.32 Å². The molecule has 0 aromatic heterocycles. The lowest BCUT2D eigenvalue weighted by Crippen LogP contribution is -2.42. The van der Waals surface area contributed by atoms with E-state index in [0.717, 1.165) is 18.2 Å². The van der Waals surface area contributed by atoms with E-state index in [9.17, 15) is 23.2 Å². The number of halogens is 2. The summed E-state index contributed by atoms with van der Waals surface area (Å²) < 4.78 is 26.7. The van der Waals surface area contributed by atoms with Crippen molar-refractivity contribution in [1.82, 2.24) is 5.32 Å². The minimum atomic E-state index is -1.43. The van der Waals surface area contributed by atoms with Crippen molar-refractivity contribution in [3.05, 3.63) is 35.4 Å². The van der Waals surface area contributed by atoms with Gasteiger partial charge in [-0.15, -0.1) is 0 Å². The molecule has 0 saturated carbocycles. The maximum absolute atomic E-state index is 13.3. The quantitative estimate of drug-likeness (QED) is 0.695. The van der Waals surface area contributed by atoms with Gasteiger partial charge in [-0.3, -0.25) is 9.59 Å². The van der Waals surface area contributed by atoms with E-state index in [0.29, 0.717) is 0 Å². The fraction of sp³-hybridized carbons (Fsp3) is 0.308. The minimum absolute atomic E-state index is 0.323. The molecule has 3 N–H and O–H groups in total. The lowest BCUT2D eigenvalue weighted by molar-refractivity contribution is -0.143. The van der Waals surface area contributed by atoms with Crippen LogP contribution in [0.15, 0.2) is 18.2 Å². The highest BCUT2D eigenvalue weighted by Gasteiger charge is 2.22.